The lowest BCUT2D eigenvalue weighted by Crippen LogP contribution is -2.03. The number of fused-ring (bicyclic) bond motifs is 1. The van der Waals surface area contributed by atoms with Gasteiger partial charge in [0.15, 0.2) is 11.5 Å². The number of nitrogens with zero attached hydrogens (tertiary/aromatic N) is 3. The highest BCUT2D eigenvalue weighted by atomic mass is 35.5. The van der Waals surface area contributed by atoms with Gasteiger partial charge < -0.3 is 4.74 Å². The number of hydrogen-bond acceptors (Lipinski definition) is 5. The molecule has 3 aromatic heterocycles. The van der Waals surface area contributed by atoms with Crippen molar-refractivity contribution in [1.29, 1.82) is 0 Å². The summed E-state index contributed by atoms with van der Waals surface area (Å²) in [6.07, 6.45) is 1.64. The molecule has 0 saturated heterocycles. The van der Waals surface area contributed by atoms with Crippen LogP contribution in [0.1, 0.15) is 15.9 Å². The maximum atomic E-state index is 11.7. The van der Waals surface area contributed by atoms with Crippen molar-refractivity contribution in [3.8, 4) is 11.4 Å². The minimum atomic E-state index is -0.449. The number of halogens is 1. The van der Waals surface area contributed by atoms with Gasteiger partial charge in [-0.05, 0) is 23.9 Å². The Morgan fingerprint density at radius 2 is 2.20 bits per heavy atom. The Balaban J connectivity index is 2.28. The molecule has 0 amide bonds. The molecule has 0 aliphatic heterocycles. The van der Waals surface area contributed by atoms with Gasteiger partial charge in [-0.1, -0.05) is 11.6 Å². The Morgan fingerprint density at radius 1 is 1.40 bits per heavy atom. The molecule has 0 atom stereocenters. The van der Waals surface area contributed by atoms with E-state index in [0.717, 1.165) is 11.1 Å². The van der Waals surface area contributed by atoms with E-state index >= 15 is 0 Å². The van der Waals surface area contributed by atoms with Crippen molar-refractivity contribution in [2.45, 2.75) is 6.92 Å². The smallest absolute Gasteiger partial charge is 0.339 e. The zero-order chi connectivity index (χ0) is 14.3. The average molecular weight is 308 g/mol. The van der Waals surface area contributed by atoms with E-state index in [1.54, 1.807) is 21.9 Å². The van der Waals surface area contributed by atoms with Crippen molar-refractivity contribution in [2.75, 3.05) is 7.11 Å². The summed E-state index contributed by atoms with van der Waals surface area (Å²) in [5, 5.41) is 12.6. The zero-order valence-electron chi connectivity index (χ0n) is 10.8. The topological polar surface area (TPSA) is 56.5 Å². The van der Waals surface area contributed by atoms with Crippen LogP contribution >= 0.6 is 22.9 Å². The van der Waals surface area contributed by atoms with E-state index in [1.807, 2.05) is 17.7 Å². The summed E-state index contributed by atoms with van der Waals surface area (Å²) in [4.78, 5) is 11.7. The van der Waals surface area contributed by atoms with Gasteiger partial charge in [0.05, 0.1) is 17.7 Å². The Bertz CT molecular complexity index is 809. The molecule has 3 aromatic rings. The van der Waals surface area contributed by atoms with Crippen LogP contribution in [0, 0.1) is 6.92 Å². The third-order valence-electron chi connectivity index (χ3n) is 2.98. The van der Waals surface area contributed by atoms with Crippen molar-refractivity contribution < 1.29 is 9.53 Å². The predicted octanol–water partition coefficient (Wildman–Crippen LogP) is 3.21. The summed E-state index contributed by atoms with van der Waals surface area (Å²) in [5.41, 5.74) is 2.95. The molecule has 5 nitrogen and oxygen atoms in total. The van der Waals surface area contributed by atoms with Crippen molar-refractivity contribution in [2.24, 2.45) is 0 Å². The molecule has 0 aliphatic carbocycles. The molecule has 0 saturated carbocycles. The van der Waals surface area contributed by atoms with Gasteiger partial charge in [-0.25, -0.2) is 4.79 Å². The molecular formula is C13H10ClN3O2S. The van der Waals surface area contributed by atoms with Gasteiger partial charge in [-0.2, -0.15) is 11.3 Å². The normalized spacial score (nSPS) is 10.9. The molecule has 0 radical (unpaired) electrons. The third-order valence-corrected chi connectivity index (χ3v) is 4.12. The van der Waals surface area contributed by atoms with E-state index in [1.165, 1.54) is 13.2 Å². The number of pyridine rings is 1. The van der Waals surface area contributed by atoms with Crippen LogP contribution in [0.25, 0.3) is 17.0 Å². The molecule has 102 valence electrons. The monoisotopic (exact) mass is 307 g/mol. The van der Waals surface area contributed by atoms with Gasteiger partial charge in [-0.15, -0.1) is 10.2 Å². The fourth-order valence-electron chi connectivity index (χ4n) is 1.96. The maximum absolute atomic E-state index is 11.7. The first-order valence-corrected chi connectivity index (χ1v) is 7.09. The second kappa shape index (κ2) is 4.88. The average Bonchev–Trinajstić information content (AvgIpc) is 3.03. The number of carbonyl (C=O) groups is 1. The lowest BCUT2D eigenvalue weighted by atomic mass is 10.2. The van der Waals surface area contributed by atoms with E-state index in [9.17, 15) is 4.79 Å². The van der Waals surface area contributed by atoms with Crippen molar-refractivity contribution >= 4 is 34.6 Å². The largest absolute Gasteiger partial charge is 0.465 e. The first-order chi connectivity index (χ1) is 9.61. The number of hydrogen-bond donors (Lipinski definition) is 0. The SMILES string of the molecule is COC(=O)c1cc(Cl)c2nnc(-c3cscc3C)n2c1. The fourth-order valence-corrected chi connectivity index (χ4v) is 3.03. The quantitative estimate of drug-likeness (QED) is 0.682. The van der Waals surface area contributed by atoms with Gasteiger partial charge in [0.2, 0.25) is 0 Å². The highest BCUT2D eigenvalue weighted by Crippen LogP contribution is 2.28. The number of ether oxygens (including phenoxy) is 1. The minimum Gasteiger partial charge on any atom is -0.465 e. The molecule has 0 N–H and O–H groups in total. The Kier molecular flexibility index (Phi) is 3.19. The van der Waals surface area contributed by atoms with Crippen molar-refractivity contribution in [3.05, 3.63) is 39.2 Å². The molecule has 0 unspecified atom stereocenters. The summed E-state index contributed by atoms with van der Waals surface area (Å²) < 4.78 is 6.43. The summed E-state index contributed by atoms with van der Waals surface area (Å²) >= 11 is 7.74. The Morgan fingerprint density at radius 3 is 2.85 bits per heavy atom. The molecule has 0 aliphatic rings. The zero-order valence-corrected chi connectivity index (χ0v) is 12.3. The number of aryl methyl sites for hydroxylation is 1. The number of rotatable bonds is 2. The second-order valence-electron chi connectivity index (χ2n) is 4.25. The van der Waals surface area contributed by atoms with Gasteiger partial charge in [0, 0.05) is 17.1 Å². The van der Waals surface area contributed by atoms with Crippen LogP contribution in [-0.2, 0) is 4.74 Å². The predicted molar refractivity (Wildman–Crippen MR) is 77.4 cm³/mol. The standard InChI is InChI=1S/C13H10ClN3O2S/c1-7-5-20-6-9(7)11-15-16-12-10(14)3-8(4-17(11)12)13(18)19-2/h3-6H,1-2H3. The molecule has 7 heteroatoms. The van der Waals surface area contributed by atoms with E-state index in [2.05, 4.69) is 10.2 Å². The van der Waals surface area contributed by atoms with Crippen molar-refractivity contribution in [1.82, 2.24) is 14.6 Å². The number of methoxy groups -OCH3 is 1. The molecule has 0 aromatic carbocycles. The van der Waals surface area contributed by atoms with Gasteiger partial charge in [0.25, 0.3) is 0 Å². The van der Waals surface area contributed by atoms with Crippen molar-refractivity contribution in [3.63, 3.8) is 0 Å². The van der Waals surface area contributed by atoms with Crippen LogP contribution in [0.2, 0.25) is 5.02 Å². The molecular weight excluding hydrogens is 298 g/mol. The van der Waals surface area contributed by atoms with Crippen LogP contribution in [0.4, 0.5) is 0 Å². The first-order valence-electron chi connectivity index (χ1n) is 5.77. The number of thiophene rings is 1. The van der Waals surface area contributed by atoms with Gasteiger partial charge in [0.1, 0.15) is 0 Å². The first kappa shape index (κ1) is 13.1. The summed E-state index contributed by atoms with van der Waals surface area (Å²) in [5.74, 6) is 0.210. The van der Waals surface area contributed by atoms with Gasteiger partial charge in [-0.3, -0.25) is 4.40 Å². The third kappa shape index (κ3) is 1.97. The minimum absolute atomic E-state index is 0.360. The van der Waals surface area contributed by atoms with Crippen LogP contribution in [0.15, 0.2) is 23.0 Å². The van der Waals surface area contributed by atoms with Gasteiger partial charge >= 0.3 is 5.97 Å². The summed E-state index contributed by atoms with van der Waals surface area (Å²) in [6, 6.07) is 1.53. The van der Waals surface area contributed by atoms with E-state index in [0.29, 0.717) is 22.1 Å². The molecule has 0 spiro atoms. The highest BCUT2D eigenvalue weighted by molar-refractivity contribution is 7.08. The molecule has 0 fully saturated rings. The summed E-state index contributed by atoms with van der Waals surface area (Å²) in [6.45, 7) is 2.00. The number of carbonyl (C=O) groups excluding carboxylic acids is 1. The second-order valence-corrected chi connectivity index (χ2v) is 5.40. The number of esters is 1. The van der Waals surface area contributed by atoms with E-state index in [-0.39, 0.29) is 0 Å². The Hall–Kier alpha value is -1.92. The molecule has 3 heterocycles. The molecule has 3 rings (SSSR count). The molecule has 0 bridgehead atoms. The maximum Gasteiger partial charge on any atom is 0.339 e. The Labute approximate surface area is 123 Å². The van der Waals surface area contributed by atoms with E-state index in [4.69, 9.17) is 16.3 Å². The number of aromatic nitrogens is 3. The van der Waals surface area contributed by atoms with Crippen LogP contribution < -0.4 is 0 Å². The fraction of sp³-hybridized carbons (Fsp3) is 0.154. The van der Waals surface area contributed by atoms with Crippen LogP contribution in [0.5, 0.6) is 0 Å². The highest BCUT2D eigenvalue weighted by Gasteiger charge is 2.16. The van der Waals surface area contributed by atoms with E-state index < -0.39 is 5.97 Å². The van der Waals surface area contributed by atoms with Crippen LogP contribution in [-0.4, -0.2) is 27.7 Å². The lowest BCUT2D eigenvalue weighted by Gasteiger charge is -2.04. The lowest BCUT2D eigenvalue weighted by molar-refractivity contribution is 0.0600. The van der Waals surface area contributed by atoms with Crippen LogP contribution in [0.3, 0.4) is 0 Å². The summed E-state index contributed by atoms with van der Waals surface area (Å²) in [7, 11) is 1.33. The molecule has 20 heavy (non-hydrogen) atoms.